The van der Waals surface area contributed by atoms with Crippen molar-refractivity contribution in [2.24, 2.45) is 13.0 Å². The van der Waals surface area contributed by atoms with Crippen LogP contribution >= 0.6 is 0 Å². The van der Waals surface area contributed by atoms with Gasteiger partial charge in [-0.1, -0.05) is 13.8 Å². The van der Waals surface area contributed by atoms with E-state index >= 15 is 0 Å². The smallest absolute Gasteiger partial charge is 0.317 e. The Balaban J connectivity index is 2.90. The van der Waals surface area contributed by atoms with Gasteiger partial charge in [-0.25, -0.2) is 9.78 Å². The SMILES string of the molecule is Cc1nc2c(=O)[nH]c(=O)n(CC(C)C)c2n1C. The van der Waals surface area contributed by atoms with Crippen LogP contribution in [-0.4, -0.2) is 19.1 Å². The van der Waals surface area contributed by atoms with Crippen LogP contribution in [0.25, 0.3) is 11.2 Å². The number of H-pyrrole nitrogens is 1. The summed E-state index contributed by atoms with van der Waals surface area (Å²) in [6.07, 6.45) is 0. The molecule has 0 aliphatic carbocycles. The monoisotopic (exact) mass is 236 g/mol. The maximum Gasteiger partial charge on any atom is 0.330 e. The van der Waals surface area contributed by atoms with Crippen molar-refractivity contribution in [1.29, 1.82) is 0 Å². The maximum atomic E-state index is 11.8. The van der Waals surface area contributed by atoms with E-state index in [9.17, 15) is 9.59 Å². The van der Waals surface area contributed by atoms with Crippen LogP contribution in [0.3, 0.4) is 0 Å². The highest BCUT2D eigenvalue weighted by molar-refractivity contribution is 5.70. The topological polar surface area (TPSA) is 72.7 Å². The summed E-state index contributed by atoms with van der Waals surface area (Å²) in [6.45, 7) is 6.41. The third kappa shape index (κ3) is 1.79. The molecule has 0 unspecified atom stereocenters. The first-order valence-corrected chi connectivity index (χ1v) is 5.58. The molecule has 0 radical (unpaired) electrons. The normalized spacial score (nSPS) is 11.6. The van der Waals surface area contributed by atoms with Crippen molar-refractivity contribution in [1.82, 2.24) is 19.1 Å². The van der Waals surface area contributed by atoms with Crippen molar-refractivity contribution < 1.29 is 0 Å². The molecule has 2 aromatic rings. The third-order valence-corrected chi connectivity index (χ3v) is 2.77. The highest BCUT2D eigenvalue weighted by Crippen LogP contribution is 2.10. The summed E-state index contributed by atoms with van der Waals surface area (Å²) in [5, 5.41) is 0. The molecule has 92 valence electrons. The molecular weight excluding hydrogens is 220 g/mol. The van der Waals surface area contributed by atoms with Crippen LogP contribution in [0.15, 0.2) is 9.59 Å². The zero-order valence-electron chi connectivity index (χ0n) is 10.4. The second-order valence-corrected chi connectivity index (χ2v) is 4.65. The molecule has 2 aromatic heterocycles. The van der Waals surface area contributed by atoms with Gasteiger partial charge >= 0.3 is 5.69 Å². The van der Waals surface area contributed by atoms with Gasteiger partial charge in [0.2, 0.25) is 0 Å². The van der Waals surface area contributed by atoms with E-state index in [-0.39, 0.29) is 5.69 Å². The molecule has 0 fully saturated rings. The molecule has 0 bridgehead atoms. The fourth-order valence-corrected chi connectivity index (χ4v) is 1.91. The van der Waals surface area contributed by atoms with Crippen molar-refractivity contribution in [2.75, 3.05) is 0 Å². The lowest BCUT2D eigenvalue weighted by atomic mass is 10.2. The summed E-state index contributed by atoms with van der Waals surface area (Å²) in [4.78, 5) is 30.0. The van der Waals surface area contributed by atoms with Crippen LogP contribution in [0.5, 0.6) is 0 Å². The number of hydrogen-bond acceptors (Lipinski definition) is 3. The summed E-state index contributed by atoms with van der Waals surface area (Å²) < 4.78 is 3.34. The van der Waals surface area contributed by atoms with E-state index in [0.29, 0.717) is 29.5 Å². The van der Waals surface area contributed by atoms with Crippen LogP contribution in [0, 0.1) is 12.8 Å². The molecule has 0 saturated carbocycles. The second kappa shape index (κ2) is 3.87. The van der Waals surface area contributed by atoms with Gasteiger partial charge in [-0.15, -0.1) is 0 Å². The Morgan fingerprint density at radius 2 is 2.00 bits per heavy atom. The average molecular weight is 236 g/mol. The van der Waals surface area contributed by atoms with Crippen LogP contribution in [0.2, 0.25) is 0 Å². The Kier molecular flexibility index (Phi) is 2.65. The maximum absolute atomic E-state index is 11.8. The molecule has 0 aromatic carbocycles. The largest absolute Gasteiger partial charge is 0.330 e. The molecule has 0 spiro atoms. The fraction of sp³-hybridized carbons (Fsp3) is 0.545. The number of nitrogens with zero attached hydrogens (tertiary/aromatic N) is 3. The Bertz CT molecular complexity index is 675. The first-order chi connectivity index (χ1) is 7.91. The Hall–Kier alpha value is -1.85. The standard InChI is InChI=1S/C11H16N4O2/c1-6(2)5-15-10-8(9(16)13-11(15)17)12-7(3)14(10)4/h6H,5H2,1-4H3,(H,13,16,17). The van der Waals surface area contributed by atoms with Gasteiger partial charge < -0.3 is 4.57 Å². The van der Waals surface area contributed by atoms with Gasteiger partial charge in [-0.05, 0) is 12.8 Å². The summed E-state index contributed by atoms with van der Waals surface area (Å²) in [7, 11) is 1.81. The van der Waals surface area contributed by atoms with Gasteiger partial charge in [-0.3, -0.25) is 14.3 Å². The molecule has 6 heteroatoms. The molecule has 0 saturated heterocycles. The van der Waals surface area contributed by atoms with Gasteiger partial charge in [-0.2, -0.15) is 0 Å². The lowest BCUT2D eigenvalue weighted by molar-refractivity contribution is 0.509. The molecule has 0 amide bonds. The van der Waals surface area contributed by atoms with E-state index in [0.717, 1.165) is 0 Å². The van der Waals surface area contributed by atoms with E-state index in [4.69, 9.17) is 0 Å². The van der Waals surface area contributed by atoms with Gasteiger partial charge in [0.1, 0.15) is 11.5 Å². The zero-order valence-corrected chi connectivity index (χ0v) is 10.4. The Labute approximate surface area is 97.9 Å². The summed E-state index contributed by atoms with van der Waals surface area (Å²) in [5.41, 5.74) is 0.114. The minimum atomic E-state index is -0.422. The van der Waals surface area contributed by atoms with E-state index in [1.807, 2.05) is 20.8 Å². The van der Waals surface area contributed by atoms with Crippen molar-refractivity contribution in [2.45, 2.75) is 27.3 Å². The molecular formula is C11H16N4O2. The minimum absolute atomic E-state index is 0.317. The number of fused-ring (bicyclic) bond motifs is 1. The van der Waals surface area contributed by atoms with Crippen molar-refractivity contribution in [3.8, 4) is 0 Å². The third-order valence-electron chi connectivity index (χ3n) is 2.77. The Morgan fingerprint density at radius 3 is 2.59 bits per heavy atom. The summed E-state index contributed by atoms with van der Waals surface area (Å²) in [6, 6.07) is 0. The van der Waals surface area contributed by atoms with Crippen molar-refractivity contribution in [3.63, 3.8) is 0 Å². The Morgan fingerprint density at radius 1 is 1.35 bits per heavy atom. The van der Waals surface area contributed by atoms with Crippen molar-refractivity contribution in [3.05, 3.63) is 26.7 Å². The van der Waals surface area contributed by atoms with Crippen LogP contribution in [-0.2, 0) is 13.6 Å². The van der Waals surface area contributed by atoms with Crippen LogP contribution in [0.4, 0.5) is 0 Å². The number of nitrogens with one attached hydrogen (secondary N) is 1. The number of rotatable bonds is 2. The molecule has 2 rings (SSSR count). The highest BCUT2D eigenvalue weighted by atomic mass is 16.2. The predicted molar refractivity (Wildman–Crippen MR) is 65.2 cm³/mol. The first-order valence-electron chi connectivity index (χ1n) is 5.58. The fourth-order valence-electron chi connectivity index (χ4n) is 1.91. The molecule has 17 heavy (non-hydrogen) atoms. The second-order valence-electron chi connectivity index (χ2n) is 4.65. The molecule has 6 nitrogen and oxygen atoms in total. The first kappa shape index (κ1) is 11.6. The number of aromatic amines is 1. The molecule has 0 aliphatic heterocycles. The number of hydrogen-bond donors (Lipinski definition) is 1. The minimum Gasteiger partial charge on any atom is -0.317 e. The predicted octanol–water partition coefficient (Wildman–Crippen LogP) is 0.388. The zero-order chi connectivity index (χ0) is 12.7. The average Bonchev–Trinajstić information content (AvgIpc) is 2.51. The molecule has 1 N–H and O–H groups in total. The molecule has 0 atom stereocenters. The van der Waals surface area contributed by atoms with E-state index < -0.39 is 5.56 Å². The van der Waals surface area contributed by atoms with E-state index in [2.05, 4.69) is 9.97 Å². The van der Waals surface area contributed by atoms with Crippen molar-refractivity contribution >= 4 is 11.2 Å². The van der Waals surface area contributed by atoms with Crippen LogP contribution in [0.1, 0.15) is 19.7 Å². The lowest BCUT2D eigenvalue weighted by Gasteiger charge is -2.10. The van der Waals surface area contributed by atoms with Gasteiger partial charge in [0, 0.05) is 13.6 Å². The van der Waals surface area contributed by atoms with E-state index in [1.165, 1.54) is 0 Å². The number of aromatic nitrogens is 4. The van der Waals surface area contributed by atoms with Gasteiger partial charge in [0.15, 0.2) is 5.52 Å². The van der Waals surface area contributed by atoms with E-state index in [1.54, 1.807) is 16.2 Å². The summed E-state index contributed by atoms with van der Waals surface area (Å²) >= 11 is 0. The number of imidazole rings is 1. The quantitative estimate of drug-likeness (QED) is 0.819. The van der Waals surface area contributed by atoms with Crippen LogP contribution < -0.4 is 11.2 Å². The lowest BCUT2D eigenvalue weighted by Crippen LogP contribution is -2.32. The highest BCUT2D eigenvalue weighted by Gasteiger charge is 2.14. The molecule has 0 aliphatic rings. The van der Waals surface area contributed by atoms with Gasteiger partial charge in [0.25, 0.3) is 5.56 Å². The number of aryl methyl sites for hydroxylation is 2. The summed E-state index contributed by atoms with van der Waals surface area (Å²) in [5.74, 6) is 1.03. The molecule has 2 heterocycles. The van der Waals surface area contributed by atoms with Gasteiger partial charge in [0.05, 0.1) is 0 Å².